The number of rotatable bonds is 6. The van der Waals surface area contributed by atoms with Gasteiger partial charge in [0.25, 0.3) is 0 Å². The third kappa shape index (κ3) is 4.71. The van der Waals surface area contributed by atoms with E-state index in [2.05, 4.69) is 35.9 Å². The van der Waals surface area contributed by atoms with Crippen molar-refractivity contribution in [2.24, 2.45) is 5.92 Å². The minimum atomic E-state index is 0.739. The topological polar surface area (TPSA) is 18.5 Å². The van der Waals surface area contributed by atoms with Crippen LogP contribution in [0, 0.1) is 5.92 Å². The van der Waals surface area contributed by atoms with E-state index >= 15 is 0 Å². The van der Waals surface area contributed by atoms with Gasteiger partial charge in [0.1, 0.15) is 0 Å². The molecule has 0 spiro atoms. The second kappa shape index (κ2) is 8.35. The van der Waals surface area contributed by atoms with Gasteiger partial charge in [-0.1, -0.05) is 20.8 Å². The van der Waals surface area contributed by atoms with E-state index in [1.54, 1.807) is 0 Å². The van der Waals surface area contributed by atoms with E-state index in [1.807, 2.05) is 0 Å². The zero-order valence-electron chi connectivity index (χ0n) is 13.9. The van der Waals surface area contributed by atoms with Crippen molar-refractivity contribution >= 4 is 0 Å². The molecule has 2 aliphatic heterocycles. The summed E-state index contributed by atoms with van der Waals surface area (Å²) in [7, 11) is 0. The van der Waals surface area contributed by atoms with Crippen LogP contribution in [-0.4, -0.2) is 61.2 Å². The van der Waals surface area contributed by atoms with E-state index in [0.29, 0.717) is 0 Å². The molecule has 118 valence electrons. The van der Waals surface area contributed by atoms with E-state index < -0.39 is 0 Å². The van der Waals surface area contributed by atoms with Gasteiger partial charge in [-0.15, -0.1) is 0 Å². The number of nitrogens with one attached hydrogen (secondary N) is 1. The van der Waals surface area contributed by atoms with Crippen molar-refractivity contribution in [2.45, 2.75) is 65.0 Å². The molecule has 2 heterocycles. The molecule has 3 heteroatoms. The Morgan fingerprint density at radius 1 is 1.00 bits per heavy atom. The zero-order valence-corrected chi connectivity index (χ0v) is 13.9. The Labute approximate surface area is 126 Å². The summed E-state index contributed by atoms with van der Waals surface area (Å²) >= 11 is 0. The second-order valence-corrected chi connectivity index (χ2v) is 7.02. The Morgan fingerprint density at radius 3 is 2.40 bits per heavy atom. The van der Waals surface area contributed by atoms with Crippen LogP contribution >= 0.6 is 0 Å². The van der Waals surface area contributed by atoms with E-state index in [9.17, 15) is 0 Å². The van der Waals surface area contributed by atoms with E-state index in [-0.39, 0.29) is 0 Å². The maximum absolute atomic E-state index is 3.90. The summed E-state index contributed by atoms with van der Waals surface area (Å²) in [6, 6.07) is 1.48. The van der Waals surface area contributed by atoms with Gasteiger partial charge in [0.15, 0.2) is 0 Å². The first-order chi connectivity index (χ1) is 9.70. The molecule has 0 aromatic heterocycles. The highest BCUT2D eigenvalue weighted by Gasteiger charge is 2.25. The van der Waals surface area contributed by atoms with Gasteiger partial charge in [0.05, 0.1) is 0 Å². The maximum atomic E-state index is 3.90. The average molecular weight is 281 g/mol. The quantitative estimate of drug-likeness (QED) is 0.807. The molecule has 0 radical (unpaired) electrons. The number of hydrogen-bond acceptors (Lipinski definition) is 3. The lowest BCUT2D eigenvalue weighted by Crippen LogP contribution is -2.46. The molecule has 2 fully saturated rings. The van der Waals surface area contributed by atoms with Crippen LogP contribution in [0.4, 0.5) is 0 Å². The lowest BCUT2D eigenvalue weighted by Gasteiger charge is -2.32. The molecular formula is C17H35N3. The van der Waals surface area contributed by atoms with Crippen LogP contribution in [0.1, 0.15) is 52.9 Å². The van der Waals surface area contributed by atoms with Crippen molar-refractivity contribution < 1.29 is 0 Å². The number of hydrogen-bond donors (Lipinski definition) is 1. The second-order valence-electron chi connectivity index (χ2n) is 7.02. The van der Waals surface area contributed by atoms with Gasteiger partial charge in [0, 0.05) is 18.6 Å². The first-order valence-electron chi connectivity index (χ1n) is 8.90. The summed E-state index contributed by atoms with van der Waals surface area (Å²) in [5, 5.41) is 3.90. The van der Waals surface area contributed by atoms with Crippen molar-refractivity contribution in [1.29, 1.82) is 0 Å². The van der Waals surface area contributed by atoms with Crippen molar-refractivity contribution in [3.8, 4) is 0 Å². The van der Waals surface area contributed by atoms with Gasteiger partial charge in [-0.05, 0) is 70.7 Å². The highest BCUT2D eigenvalue weighted by molar-refractivity contribution is 4.83. The summed E-state index contributed by atoms with van der Waals surface area (Å²) in [6.45, 7) is 14.7. The smallest absolute Gasteiger partial charge is 0.0243 e. The molecule has 1 N–H and O–H groups in total. The molecule has 0 aromatic carbocycles. The van der Waals surface area contributed by atoms with Crippen LogP contribution in [0.25, 0.3) is 0 Å². The van der Waals surface area contributed by atoms with Crippen molar-refractivity contribution in [1.82, 2.24) is 15.1 Å². The maximum Gasteiger partial charge on any atom is 0.0243 e. The van der Waals surface area contributed by atoms with Crippen LogP contribution in [0.3, 0.4) is 0 Å². The minimum Gasteiger partial charge on any atom is -0.312 e. The molecule has 3 nitrogen and oxygen atoms in total. The molecule has 0 aliphatic carbocycles. The molecule has 2 rings (SSSR count). The first-order valence-corrected chi connectivity index (χ1v) is 8.90. The Hall–Kier alpha value is -0.120. The summed E-state index contributed by atoms with van der Waals surface area (Å²) in [6.07, 6.45) is 6.86. The summed E-state index contributed by atoms with van der Waals surface area (Å²) in [5.41, 5.74) is 0. The minimum absolute atomic E-state index is 0.739. The van der Waals surface area contributed by atoms with Gasteiger partial charge in [-0.25, -0.2) is 0 Å². The largest absolute Gasteiger partial charge is 0.312 e. The number of likely N-dealkylation sites (tertiary alicyclic amines) is 2. The first kappa shape index (κ1) is 16.3. The highest BCUT2D eigenvalue weighted by atomic mass is 15.2. The lowest BCUT2D eigenvalue weighted by molar-refractivity contribution is 0.180. The molecule has 2 unspecified atom stereocenters. The van der Waals surface area contributed by atoms with Gasteiger partial charge in [-0.3, -0.25) is 4.90 Å². The monoisotopic (exact) mass is 281 g/mol. The Morgan fingerprint density at radius 2 is 1.75 bits per heavy atom. The lowest BCUT2D eigenvalue weighted by atomic mass is 10.0. The van der Waals surface area contributed by atoms with Crippen molar-refractivity contribution in [3.05, 3.63) is 0 Å². The molecule has 2 aliphatic rings. The van der Waals surface area contributed by atoms with Crippen molar-refractivity contribution in [3.63, 3.8) is 0 Å². The zero-order chi connectivity index (χ0) is 14.4. The van der Waals surface area contributed by atoms with Crippen LogP contribution in [0.2, 0.25) is 0 Å². The molecule has 2 saturated heterocycles. The Kier molecular flexibility index (Phi) is 6.79. The molecule has 0 saturated carbocycles. The predicted octanol–water partition coefficient (Wildman–Crippen LogP) is 2.57. The van der Waals surface area contributed by atoms with Crippen LogP contribution in [0.5, 0.6) is 0 Å². The summed E-state index contributed by atoms with van der Waals surface area (Å²) in [5.74, 6) is 0.763. The fraction of sp³-hybridized carbons (Fsp3) is 1.00. The molecule has 20 heavy (non-hydrogen) atoms. The van der Waals surface area contributed by atoms with Crippen LogP contribution < -0.4 is 5.32 Å². The molecule has 0 aromatic rings. The fourth-order valence-corrected chi connectivity index (χ4v) is 3.82. The van der Waals surface area contributed by atoms with E-state index in [1.165, 1.54) is 71.4 Å². The highest BCUT2D eigenvalue weighted by Crippen LogP contribution is 2.18. The fourth-order valence-electron chi connectivity index (χ4n) is 3.82. The predicted molar refractivity (Wildman–Crippen MR) is 87.2 cm³/mol. The third-order valence-electron chi connectivity index (χ3n) is 5.26. The summed E-state index contributed by atoms with van der Waals surface area (Å²) in [4.78, 5) is 5.31. The molecular weight excluding hydrogens is 246 g/mol. The molecule has 0 bridgehead atoms. The standard InChI is InChI=1S/C17H35N3/c1-4-19-10-7-8-16(9-13-19)18-14-17(15(2)3)20-11-5-6-12-20/h15-18H,4-14H2,1-3H3. The van der Waals surface area contributed by atoms with E-state index in [4.69, 9.17) is 0 Å². The Bertz CT molecular complexity index is 261. The van der Waals surface area contributed by atoms with Gasteiger partial charge in [0.2, 0.25) is 0 Å². The normalized spacial score (nSPS) is 27.9. The van der Waals surface area contributed by atoms with Crippen molar-refractivity contribution in [2.75, 3.05) is 39.3 Å². The van der Waals surface area contributed by atoms with E-state index in [0.717, 1.165) is 18.0 Å². The third-order valence-corrected chi connectivity index (χ3v) is 5.26. The van der Waals surface area contributed by atoms with Gasteiger partial charge < -0.3 is 10.2 Å². The Balaban J connectivity index is 1.76. The molecule has 2 atom stereocenters. The summed E-state index contributed by atoms with van der Waals surface area (Å²) < 4.78 is 0. The van der Waals surface area contributed by atoms with Gasteiger partial charge in [-0.2, -0.15) is 0 Å². The van der Waals surface area contributed by atoms with Crippen LogP contribution in [0.15, 0.2) is 0 Å². The average Bonchev–Trinajstić information content (AvgIpc) is 2.85. The SMILES string of the molecule is CCN1CCCC(NCC(C(C)C)N2CCCC2)CC1. The van der Waals surface area contributed by atoms with Gasteiger partial charge >= 0.3 is 0 Å². The van der Waals surface area contributed by atoms with Crippen LogP contribution in [-0.2, 0) is 0 Å². The number of nitrogens with zero attached hydrogens (tertiary/aromatic N) is 2. The molecule has 0 amide bonds.